The molecule has 1 aliphatic carbocycles. The van der Waals surface area contributed by atoms with Crippen LogP contribution in [-0.2, 0) is 9.59 Å². The number of nitrogens with two attached hydrogens (primary N) is 1. The van der Waals surface area contributed by atoms with Gasteiger partial charge in [0.25, 0.3) is 0 Å². The summed E-state index contributed by atoms with van der Waals surface area (Å²) >= 11 is 0. The molecule has 1 saturated heterocycles. The number of hydrogen-bond donors (Lipinski definition) is 3. The summed E-state index contributed by atoms with van der Waals surface area (Å²) in [6.45, 7) is 2.16. The standard InChI is InChI=1S/C14H23N3O4/c1-9-4-5-10(11(15)18)8-17(9)13(21)16-14(12(19)20)6-2-3-7-14/h9-10H,2-8H2,1H3,(H2,15,18)(H,16,21)(H,19,20). The van der Waals surface area contributed by atoms with Crippen molar-refractivity contribution in [2.75, 3.05) is 6.54 Å². The lowest BCUT2D eigenvalue weighted by molar-refractivity contribution is -0.144. The molecule has 2 fully saturated rings. The average molecular weight is 297 g/mol. The monoisotopic (exact) mass is 297 g/mol. The summed E-state index contributed by atoms with van der Waals surface area (Å²) < 4.78 is 0. The van der Waals surface area contributed by atoms with Crippen molar-refractivity contribution in [2.24, 2.45) is 11.7 Å². The third-order valence-electron chi connectivity index (χ3n) is 4.76. The molecule has 2 aliphatic rings. The molecular formula is C14H23N3O4. The van der Waals surface area contributed by atoms with E-state index in [1.165, 1.54) is 0 Å². The molecule has 0 bridgehead atoms. The zero-order chi connectivity index (χ0) is 15.6. The van der Waals surface area contributed by atoms with Gasteiger partial charge >= 0.3 is 12.0 Å². The minimum atomic E-state index is -1.16. The highest BCUT2D eigenvalue weighted by Crippen LogP contribution is 2.31. The molecule has 1 aliphatic heterocycles. The average Bonchev–Trinajstić information content (AvgIpc) is 2.88. The summed E-state index contributed by atoms with van der Waals surface area (Å²) in [5, 5.41) is 12.1. The molecule has 3 amide bonds. The summed E-state index contributed by atoms with van der Waals surface area (Å²) in [4.78, 5) is 36.8. The van der Waals surface area contributed by atoms with E-state index < -0.39 is 23.4 Å². The molecule has 2 atom stereocenters. The topological polar surface area (TPSA) is 113 Å². The summed E-state index contributed by atoms with van der Waals surface area (Å²) in [7, 11) is 0. The van der Waals surface area contributed by atoms with Crippen LogP contribution < -0.4 is 11.1 Å². The first-order chi connectivity index (χ1) is 9.85. The quantitative estimate of drug-likeness (QED) is 0.711. The Bertz CT molecular complexity index is 446. The van der Waals surface area contributed by atoms with Crippen LogP contribution >= 0.6 is 0 Å². The van der Waals surface area contributed by atoms with Crippen LogP contribution in [0, 0.1) is 5.92 Å². The van der Waals surface area contributed by atoms with Gasteiger partial charge in [-0.15, -0.1) is 0 Å². The number of urea groups is 1. The maximum atomic E-state index is 12.4. The molecule has 1 saturated carbocycles. The molecule has 0 aromatic heterocycles. The fraction of sp³-hybridized carbons (Fsp3) is 0.786. The number of carboxylic acids is 1. The Morgan fingerprint density at radius 1 is 1.24 bits per heavy atom. The molecule has 4 N–H and O–H groups in total. The predicted octanol–water partition coefficient (Wildman–Crippen LogP) is 0.679. The maximum Gasteiger partial charge on any atom is 0.329 e. The number of likely N-dealkylation sites (tertiary alicyclic amines) is 1. The minimum absolute atomic E-state index is 0.0205. The molecule has 1 heterocycles. The minimum Gasteiger partial charge on any atom is -0.480 e. The molecule has 0 aromatic rings. The number of rotatable bonds is 3. The number of nitrogens with one attached hydrogen (secondary N) is 1. The number of carbonyl (C=O) groups excluding carboxylic acids is 2. The van der Waals surface area contributed by atoms with Crippen LogP contribution in [0.1, 0.15) is 45.4 Å². The van der Waals surface area contributed by atoms with Crippen LogP contribution in [0.3, 0.4) is 0 Å². The Morgan fingerprint density at radius 2 is 1.86 bits per heavy atom. The zero-order valence-electron chi connectivity index (χ0n) is 12.3. The van der Waals surface area contributed by atoms with E-state index in [0.717, 1.165) is 12.8 Å². The van der Waals surface area contributed by atoms with E-state index in [0.29, 0.717) is 25.7 Å². The van der Waals surface area contributed by atoms with E-state index in [2.05, 4.69) is 5.32 Å². The van der Waals surface area contributed by atoms with Crippen molar-refractivity contribution in [3.05, 3.63) is 0 Å². The lowest BCUT2D eigenvalue weighted by Gasteiger charge is -2.39. The van der Waals surface area contributed by atoms with Crippen molar-refractivity contribution in [3.63, 3.8) is 0 Å². The van der Waals surface area contributed by atoms with Crippen molar-refractivity contribution >= 4 is 17.9 Å². The molecule has 7 nitrogen and oxygen atoms in total. The Kier molecular flexibility index (Phi) is 4.39. The molecule has 0 radical (unpaired) electrons. The first-order valence-electron chi connectivity index (χ1n) is 7.47. The van der Waals surface area contributed by atoms with Gasteiger partial charge in [-0.25, -0.2) is 9.59 Å². The van der Waals surface area contributed by atoms with E-state index in [1.807, 2.05) is 6.92 Å². The number of amides is 3. The number of hydrogen-bond acceptors (Lipinski definition) is 3. The molecule has 0 aromatic carbocycles. The van der Waals surface area contributed by atoms with E-state index in [1.54, 1.807) is 4.90 Å². The third-order valence-corrected chi connectivity index (χ3v) is 4.76. The SMILES string of the molecule is CC1CCC(C(N)=O)CN1C(=O)NC1(C(=O)O)CCCC1. The number of aliphatic carboxylic acids is 1. The van der Waals surface area contributed by atoms with Gasteiger partial charge < -0.3 is 21.1 Å². The van der Waals surface area contributed by atoms with Gasteiger partial charge in [0.05, 0.1) is 5.92 Å². The van der Waals surface area contributed by atoms with Gasteiger partial charge in [0.15, 0.2) is 0 Å². The van der Waals surface area contributed by atoms with Crippen molar-refractivity contribution in [2.45, 2.75) is 57.0 Å². The van der Waals surface area contributed by atoms with Crippen LogP contribution in [-0.4, -0.2) is 46.0 Å². The zero-order valence-corrected chi connectivity index (χ0v) is 12.3. The summed E-state index contributed by atoms with van der Waals surface area (Å²) in [6, 6.07) is -0.425. The van der Waals surface area contributed by atoms with Gasteiger partial charge in [-0.1, -0.05) is 12.8 Å². The maximum absolute atomic E-state index is 12.4. The Balaban J connectivity index is 2.07. The lowest BCUT2D eigenvalue weighted by atomic mass is 9.93. The second-order valence-corrected chi connectivity index (χ2v) is 6.20. The van der Waals surface area contributed by atoms with Gasteiger partial charge in [-0.3, -0.25) is 4.79 Å². The Hall–Kier alpha value is -1.79. The number of carbonyl (C=O) groups is 3. The van der Waals surface area contributed by atoms with Crippen molar-refractivity contribution < 1.29 is 19.5 Å². The highest BCUT2D eigenvalue weighted by molar-refractivity contribution is 5.87. The molecular weight excluding hydrogens is 274 g/mol. The molecule has 7 heteroatoms. The number of piperidine rings is 1. The fourth-order valence-electron chi connectivity index (χ4n) is 3.27. The van der Waals surface area contributed by atoms with E-state index in [9.17, 15) is 19.5 Å². The lowest BCUT2D eigenvalue weighted by Crippen LogP contribution is -2.59. The first kappa shape index (κ1) is 15.6. The Labute approximate surface area is 123 Å². The molecule has 118 valence electrons. The summed E-state index contributed by atoms with van der Waals surface area (Å²) in [5.41, 5.74) is 4.17. The largest absolute Gasteiger partial charge is 0.480 e. The summed E-state index contributed by atoms with van der Waals surface area (Å²) in [6.07, 6.45) is 3.87. The van der Waals surface area contributed by atoms with Crippen molar-refractivity contribution in [3.8, 4) is 0 Å². The van der Waals surface area contributed by atoms with Crippen molar-refractivity contribution in [1.82, 2.24) is 10.2 Å². The van der Waals surface area contributed by atoms with E-state index in [4.69, 9.17) is 5.73 Å². The number of nitrogens with zero attached hydrogens (tertiary/aromatic N) is 1. The molecule has 0 spiro atoms. The first-order valence-corrected chi connectivity index (χ1v) is 7.47. The highest BCUT2D eigenvalue weighted by Gasteiger charge is 2.44. The summed E-state index contributed by atoms with van der Waals surface area (Å²) in [5.74, 6) is -1.74. The second-order valence-electron chi connectivity index (χ2n) is 6.20. The fourth-order valence-corrected chi connectivity index (χ4v) is 3.27. The van der Waals surface area contributed by atoms with Crippen LogP contribution in [0.5, 0.6) is 0 Å². The van der Waals surface area contributed by atoms with Crippen LogP contribution in [0.4, 0.5) is 4.79 Å². The van der Waals surface area contributed by atoms with Crippen molar-refractivity contribution in [1.29, 1.82) is 0 Å². The number of primary amides is 1. The van der Waals surface area contributed by atoms with Gasteiger partial charge in [-0.2, -0.15) is 0 Å². The molecule has 2 rings (SSSR count). The van der Waals surface area contributed by atoms with E-state index in [-0.39, 0.29) is 18.5 Å². The van der Waals surface area contributed by atoms with Gasteiger partial charge in [0.1, 0.15) is 5.54 Å². The normalized spacial score (nSPS) is 28.1. The van der Waals surface area contributed by atoms with Crippen LogP contribution in [0.15, 0.2) is 0 Å². The van der Waals surface area contributed by atoms with Crippen LogP contribution in [0.25, 0.3) is 0 Å². The van der Waals surface area contributed by atoms with Crippen LogP contribution in [0.2, 0.25) is 0 Å². The third kappa shape index (κ3) is 3.11. The Morgan fingerprint density at radius 3 is 2.38 bits per heavy atom. The smallest absolute Gasteiger partial charge is 0.329 e. The highest BCUT2D eigenvalue weighted by atomic mass is 16.4. The van der Waals surface area contributed by atoms with E-state index >= 15 is 0 Å². The second kappa shape index (κ2) is 5.91. The van der Waals surface area contributed by atoms with Gasteiger partial charge in [-0.05, 0) is 32.6 Å². The number of carboxylic acid groups (broad SMARTS) is 1. The van der Waals surface area contributed by atoms with Gasteiger partial charge in [0.2, 0.25) is 5.91 Å². The molecule has 21 heavy (non-hydrogen) atoms. The molecule has 2 unspecified atom stereocenters. The van der Waals surface area contributed by atoms with Gasteiger partial charge in [0, 0.05) is 12.6 Å². The predicted molar refractivity (Wildman–Crippen MR) is 75.5 cm³/mol.